The van der Waals surface area contributed by atoms with Gasteiger partial charge in [0.25, 0.3) is 0 Å². The van der Waals surface area contributed by atoms with Crippen LogP contribution in [0.15, 0.2) is 24.3 Å². The van der Waals surface area contributed by atoms with Crippen molar-refractivity contribution in [2.24, 2.45) is 5.41 Å². The van der Waals surface area contributed by atoms with Crippen molar-refractivity contribution in [2.45, 2.75) is 51.4 Å². The van der Waals surface area contributed by atoms with Crippen LogP contribution in [0.1, 0.15) is 50.8 Å². The summed E-state index contributed by atoms with van der Waals surface area (Å²) in [6.07, 6.45) is -3.20. The number of hydrogen-bond acceptors (Lipinski definition) is 3. The van der Waals surface area contributed by atoms with Gasteiger partial charge in [-0.3, -0.25) is 0 Å². The van der Waals surface area contributed by atoms with Crippen molar-refractivity contribution in [3.8, 4) is 0 Å². The van der Waals surface area contributed by atoms with Gasteiger partial charge in [0.1, 0.15) is 0 Å². The monoisotopic (exact) mass is 345 g/mol. The topological polar surface area (TPSA) is 41.5 Å². The van der Waals surface area contributed by atoms with E-state index in [0.717, 1.165) is 6.07 Å². The lowest BCUT2D eigenvalue weighted by atomic mass is 9.70. The molecule has 0 radical (unpaired) electrons. The third-order valence-corrected chi connectivity index (χ3v) is 5.14. The van der Waals surface area contributed by atoms with Gasteiger partial charge < -0.3 is 15.2 Å². The summed E-state index contributed by atoms with van der Waals surface area (Å²) < 4.78 is 43.8. The Balaban J connectivity index is 2.03. The minimum absolute atomic E-state index is 0.241. The predicted molar refractivity (Wildman–Crippen MR) is 86.6 cm³/mol. The van der Waals surface area contributed by atoms with Crippen LogP contribution in [0.25, 0.3) is 0 Å². The molecule has 136 valence electrons. The molecule has 24 heavy (non-hydrogen) atoms. The van der Waals surface area contributed by atoms with E-state index >= 15 is 0 Å². The molecule has 1 atom stereocenters. The summed E-state index contributed by atoms with van der Waals surface area (Å²) in [6.45, 7) is 7.35. The van der Waals surface area contributed by atoms with Crippen LogP contribution in [0.4, 0.5) is 13.2 Å². The van der Waals surface area contributed by atoms with Crippen LogP contribution in [-0.4, -0.2) is 30.5 Å². The van der Waals surface area contributed by atoms with E-state index in [1.807, 2.05) is 20.8 Å². The molecule has 6 heteroatoms. The Morgan fingerprint density at radius 2 is 1.88 bits per heavy atom. The van der Waals surface area contributed by atoms with Gasteiger partial charge in [-0.25, -0.2) is 0 Å². The fourth-order valence-electron chi connectivity index (χ4n) is 3.06. The van der Waals surface area contributed by atoms with Gasteiger partial charge in [-0.05, 0) is 24.6 Å². The highest BCUT2D eigenvalue weighted by Crippen LogP contribution is 2.38. The molecule has 0 aliphatic carbocycles. The first kappa shape index (κ1) is 19.2. The fraction of sp³-hybridized carbons (Fsp3) is 0.667. The molecular weight excluding hydrogens is 319 g/mol. The predicted octanol–water partition coefficient (Wildman–Crippen LogP) is 3.92. The number of nitrogens with one attached hydrogen (secondary N) is 1. The highest BCUT2D eigenvalue weighted by molar-refractivity contribution is 5.27. The van der Waals surface area contributed by atoms with Gasteiger partial charge in [-0.2, -0.15) is 13.2 Å². The van der Waals surface area contributed by atoms with E-state index in [2.05, 4.69) is 5.32 Å². The number of alkyl halides is 3. The summed E-state index contributed by atoms with van der Waals surface area (Å²) in [5, 5.41) is 14.1. The van der Waals surface area contributed by atoms with Crippen LogP contribution >= 0.6 is 0 Å². The Morgan fingerprint density at radius 3 is 2.46 bits per heavy atom. The van der Waals surface area contributed by atoms with E-state index in [4.69, 9.17) is 4.74 Å². The van der Waals surface area contributed by atoms with Crippen molar-refractivity contribution in [3.05, 3.63) is 35.4 Å². The second kappa shape index (κ2) is 7.02. The number of aliphatic hydroxyl groups is 1. The van der Waals surface area contributed by atoms with Crippen molar-refractivity contribution in [1.29, 1.82) is 0 Å². The Bertz CT molecular complexity index is 551. The zero-order chi connectivity index (χ0) is 18.0. The summed E-state index contributed by atoms with van der Waals surface area (Å²) in [5.41, 5.74) is -1.30. The van der Waals surface area contributed by atoms with Gasteiger partial charge in [-0.15, -0.1) is 0 Å². The lowest BCUT2D eigenvalue weighted by Gasteiger charge is -2.45. The summed E-state index contributed by atoms with van der Waals surface area (Å²) in [4.78, 5) is 0. The third-order valence-electron chi connectivity index (χ3n) is 5.14. The van der Waals surface area contributed by atoms with Crippen molar-refractivity contribution >= 4 is 0 Å². The lowest BCUT2D eigenvalue weighted by molar-refractivity contribution is -0.137. The molecule has 2 rings (SSSR count). The Labute approximate surface area is 141 Å². The van der Waals surface area contributed by atoms with Crippen molar-refractivity contribution in [1.82, 2.24) is 5.32 Å². The SMILES string of the molecule is CC(NCC(C)(C)C1(O)CCOCC1)c1cccc(C(F)(F)F)c1. The molecule has 1 aromatic rings. The molecule has 0 aromatic heterocycles. The Hall–Kier alpha value is -1.11. The van der Waals surface area contributed by atoms with Crippen LogP contribution in [0.2, 0.25) is 0 Å². The van der Waals surface area contributed by atoms with Gasteiger partial charge in [0.2, 0.25) is 0 Å². The zero-order valence-corrected chi connectivity index (χ0v) is 14.4. The second-order valence-electron chi connectivity index (χ2n) is 7.25. The highest BCUT2D eigenvalue weighted by atomic mass is 19.4. The number of rotatable bonds is 5. The molecule has 0 spiro atoms. The average molecular weight is 345 g/mol. The molecule has 1 fully saturated rings. The van der Waals surface area contributed by atoms with E-state index in [-0.39, 0.29) is 6.04 Å². The Morgan fingerprint density at radius 1 is 1.25 bits per heavy atom. The number of benzene rings is 1. The molecule has 2 N–H and O–H groups in total. The maximum atomic E-state index is 12.8. The van der Waals surface area contributed by atoms with Gasteiger partial charge in [-0.1, -0.05) is 26.0 Å². The molecule has 1 unspecified atom stereocenters. The van der Waals surface area contributed by atoms with Gasteiger partial charge in [0.05, 0.1) is 11.2 Å². The van der Waals surface area contributed by atoms with E-state index in [0.29, 0.717) is 38.2 Å². The summed E-state index contributed by atoms with van der Waals surface area (Å²) in [5.74, 6) is 0. The van der Waals surface area contributed by atoms with E-state index in [1.165, 1.54) is 12.1 Å². The number of hydrogen-bond donors (Lipinski definition) is 2. The minimum atomic E-state index is -4.34. The minimum Gasteiger partial charge on any atom is -0.389 e. The smallest absolute Gasteiger partial charge is 0.389 e. The molecular formula is C18H26F3NO2. The van der Waals surface area contributed by atoms with Crippen molar-refractivity contribution in [3.63, 3.8) is 0 Å². The normalized spacial score (nSPS) is 20.0. The first-order chi connectivity index (χ1) is 11.1. The molecule has 1 aliphatic rings. The quantitative estimate of drug-likeness (QED) is 0.850. The number of ether oxygens (including phenoxy) is 1. The maximum Gasteiger partial charge on any atom is 0.416 e. The van der Waals surface area contributed by atoms with Gasteiger partial charge in [0.15, 0.2) is 0 Å². The lowest BCUT2D eigenvalue weighted by Crippen LogP contribution is -2.53. The number of halogens is 3. The maximum absolute atomic E-state index is 12.8. The van der Waals surface area contributed by atoms with Crippen molar-refractivity contribution in [2.75, 3.05) is 19.8 Å². The van der Waals surface area contributed by atoms with Crippen molar-refractivity contribution < 1.29 is 23.0 Å². The summed E-state index contributed by atoms with van der Waals surface area (Å²) in [7, 11) is 0. The van der Waals surface area contributed by atoms with Gasteiger partial charge in [0, 0.05) is 44.1 Å². The van der Waals surface area contributed by atoms with Crippen LogP contribution in [-0.2, 0) is 10.9 Å². The molecule has 0 amide bonds. The Kier molecular flexibility index (Phi) is 5.62. The van der Waals surface area contributed by atoms with Crippen LogP contribution in [0.5, 0.6) is 0 Å². The summed E-state index contributed by atoms with van der Waals surface area (Å²) in [6, 6.07) is 5.12. The van der Waals surface area contributed by atoms with Gasteiger partial charge >= 0.3 is 6.18 Å². The van der Waals surface area contributed by atoms with E-state index in [1.54, 1.807) is 6.07 Å². The first-order valence-electron chi connectivity index (χ1n) is 8.26. The fourth-order valence-corrected chi connectivity index (χ4v) is 3.06. The molecule has 1 heterocycles. The average Bonchev–Trinajstić information content (AvgIpc) is 2.52. The standard InChI is InChI=1S/C18H26F3NO2/c1-13(14-5-4-6-15(11-14)18(19,20)21)22-12-16(2,3)17(23)7-9-24-10-8-17/h4-6,11,13,22-23H,7-10,12H2,1-3H3. The largest absolute Gasteiger partial charge is 0.416 e. The van der Waals surface area contributed by atoms with Crippen LogP contribution in [0, 0.1) is 5.41 Å². The van der Waals surface area contributed by atoms with Crippen LogP contribution < -0.4 is 5.32 Å². The molecule has 0 bridgehead atoms. The van der Waals surface area contributed by atoms with E-state index < -0.39 is 22.8 Å². The molecule has 1 aliphatic heterocycles. The molecule has 1 aromatic carbocycles. The first-order valence-corrected chi connectivity index (χ1v) is 8.26. The summed E-state index contributed by atoms with van der Waals surface area (Å²) >= 11 is 0. The zero-order valence-electron chi connectivity index (χ0n) is 14.4. The highest BCUT2D eigenvalue weighted by Gasteiger charge is 2.44. The van der Waals surface area contributed by atoms with E-state index in [9.17, 15) is 18.3 Å². The third kappa shape index (κ3) is 4.29. The van der Waals surface area contributed by atoms with Crippen LogP contribution in [0.3, 0.4) is 0 Å². The molecule has 0 saturated carbocycles. The molecule has 3 nitrogen and oxygen atoms in total. The second-order valence-corrected chi connectivity index (χ2v) is 7.25. The molecule has 1 saturated heterocycles.